The van der Waals surface area contributed by atoms with Crippen molar-refractivity contribution in [2.24, 2.45) is 0 Å². The number of fused-ring (bicyclic) bond motifs is 1. The standard InChI is InChI=1S/C24H33N3O3/c1-5-26(6-2)16-20-10-8-7-9-19(20)15-25-24(28)27-12-11-18-13-22(29-3)23(30-4)14-21(18)17-27/h7-10,13-14H,5-6,11-12,15-17H2,1-4H3,(H,25,28). The first-order chi connectivity index (χ1) is 14.6. The summed E-state index contributed by atoms with van der Waals surface area (Å²) in [5.74, 6) is 1.43. The van der Waals surface area contributed by atoms with Crippen molar-refractivity contribution < 1.29 is 14.3 Å². The van der Waals surface area contributed by atoms with E-state index < -0.39 is 0 Å². The molecule has 3 rings (SSSR count). The first-order valence-corrected chi connectivity index (χ1v) is 10.6. The molecule has 0 spiro atoms. The van der Waals surface area contributed by atoms with Crippen molar-refractivity contribution in [1.82, 2.24) is 15.1 Å². The van der Waals surface area contributed by atoms with Gasteiger partial charge in [0, 0.05) is 26.2 Å². The van der Waals surface area contributed by atoms with Gasteiger partial charge in [0.2, 0.25) is 0 Å². The molecule has 6 heteroatoms. The monoisotopic (exact) mass is 411 g/mol. The fraction of sp³-hybridized carbons (Fsp3) is 0.458. The molecular formula is C24H33N3O3. The number of urea groups is 1. The average Bonchev–Trinajstić information content (AvgIpc) is 2.80. The van der Waals surface area contributed by atoms with Gasteiger partial charge in [0.25, 0.3) is 0 Å². The Kier molecular flexibility index (Phi) is 7.57. The summed E-state index contributed by atoms with van der Waals surface area (Å²) in [5.41, 5.74) is 4.75. The normalized spacial score (nSPS) is 13.2. The molecule has 0 saturated carbocycles. The highest BCUT2D eigenvalue weighted by Crippen LogP contribution is 2.33. The van der Waals surface area contributed by atoms with E-state index in [4.69, 9.17) is 9.47 Å². The molecule has 0 fully saturated rings. The highest BCUT2D eigenvalue weighted by Gasteiger charge is 2.23. The Morgan fingerprint density at radius 3 is 2.30 bits per heavy atom. The van der Waals surface area contributed by atoms with Crippen LogP contribution in [0, 0.1) is 0 Å². The maximum atomic E-state index is 12.9. The van der Waals surface area contributed by atoms with Gasteiger partial charge in [-0.25, -0.2) is 4.79 Å². The lowest BCUT2D eigenvalue weighted by Crippen LogP contribution is -2.42. The smallest absolute Gasteiger partial charge is 0.317 e. The van der Waals surface area contributed by atoms with Crippen molar-refractivity contribution in [2.45, 2.75) is 39.9 Å². The molecule has 0 unspecified atom stereocenters. The number of methoxy groups -OCH3 is 2. The quantitative estimate of drug-likeness (QED) is 0.718. The van der Waals surface area contributed by atoms with E-state index in [9.17, 15) is 4.79 Å². The zero-order valence-electron chi connectivity index (χ0n) is 18.5. The van der Waals surface area contributed by atoms with E-state index in [2.05, 4.69) is 42.3 Å². The summed E-state index contributed by atoms with van der Waals surface area (Å²) >= 11 is 0. The molecule has 2 aromatic carbocycles. The Morgan fingerprint density at radius 1 is 1.03 bits per heavy atom. The molecule has 162 valence electrons. The van der Waals surface area contributed by atoms with Gasteiger partial charge < -0.3 is 19.7 Å². The first-order valence-electron chi connectivity index (χ1n) is 10.6. The minimum atomic E-state index is -0.0342. The summed E-state index contributed by atoms with van der Waals surface area (Å²) in [6, 6.07) is 12.3. The van der Waals surface area contributed by atoms with Crippen LogP contribution >= 0.6 is 0 Å². The summed E-state index contributed by atoms with van der Waals surface area (Å²) in [6.07, 6.45) is 0.807. The number of benzene rings is 2. The highest BCUT2D eigenvalue weighted by molar-refractivity contribution is 5.74. The molecule has 2 aromatic rings. The average molecular weight is 412 g/mol. The zero-order chi connectivity index (χ0) is 21.5. The predicted molar refractivity (Wildman–Crippen MR) is 119 cm³/mol. The predicted octanol–water partition coefficient (Wildman–Crippen LogP) is 3.81. The van der Waals surface area contributed by atoms with E-state index in [-0.39, 0.29) is 6.03 Å². The SMILES string of the molecule is CCN(CC)Cc1ccccc1CNC(=O)N1CCc2cc(OC)c(OC)cc2C1. The molecule has 2 amide bonds. The Morgan fingerprint density at radius 2 is 1.67 bits per heavy atom. The minimum Gasteiger partial charge on any atom is -0.493 e. The topological polar surface area (TPSA) is 54.0 Å². The van der Waals surface area contributed by atoms with Gasteiger partial charge in [-0.1, -0.05) is 38.1 Å². The molecule has 1 aliphatic heterocycles. The molecular weight excluding hydrogens is 378 g/mol. The van der Waals surface area contributed by atoms with Gasteiger partial charge in [-0.2, -0.15) is 0 Å². The number of nitrogens with one attached hydrogen (secondary N) is 1. The fourth-order valence-corrected chi connectivity index (χ4v) is 3.91. The van der Waals surface area contributed by atoms with Crippen molar-refractivity contribution in [1.29, 1.82) is 0 Å². The second-order valence-electron chi connectivity index (χ2n) is 7.54. The molecule has 0 saturated heterocycles. The second kappa shape index (κ2) is 10.3. The van der Waals surface area contributed by atoms with Crippen LogP contribution in [-0.2, 0) is 26.1 Å². The van der Waals surface area contributed by atoms with Gasteiger partial charge in [0.1, 0.15) is 0 Å². The van der Waals surface area contributed by atoms with Gasteiger partial charge in [-0.15, -0.1) is 0 Å². The first kappa shape index (κ1) is 22.0. The lowest BCUT2D eigenvalue weighted by atomic mass is 9.99. The lowest BCUT2D eigenvalue weighted by molar-refractivity contribution is 0.191. The van der Waals surface area contributed by atoms with Crippen LogP contribution in [0.4, 0.5) is 4.79 Å². The molecule has 0 atom stereocenters. The number of nitrogens with zero attached hydrogens (tertiary/aromatic N) is 2. The van der Waals surface area contributed by atoms with Crippen molar-refractivity contribution >= 4 is 6.03 Å². The highest BCUT2D eigenvalue weighted by atomic mass is 16.5. The van der Waals surface area contributed by atoms with Crippen LogP contribution in [0.15, 0.2) is 36.4 Å². The Balaban J connectivity index is 1.64. The van der Waals surface area contributed by atoms with Crippen molar-refractivity contribution in [3.8, 4) is 11.5 Å². The van der Waals surface area contributed by atoms with E-state index in [1.165, 1.54) is 16.7 Å². The molecule has 0 aliphatic carbocycles. The van der Waals surface area contributed by atoms with Crippen LogP contribution < -0.4 is 14.8 Å². The summed E-state index contributed by atoms with van der Waals surface area (Å²) in [7, 11) is 3.28. The number of hydrogen-bond donors (Lipinski definition) is 1. The zero-order valence-corrected chi connectivity index (χ0v) is 18.5. The number of hydrogen-bond acceptors (Lipinski definition) is 4. The second-order valence-corrected chi connectivity index (χ2v) is 7.54. The minimum absolute atomic E-state index is 0.0342. The van der Waals surface area contributed by atoms with E-state index >= 15 is 0 Å². The fourth-order valence-electron chi connectivity index (χ4n) is 3.91. The van der Waals surface area contributed by atoms with Gasteiger partial charge in [-0.05, 0) is 53.9 Å². The maximum Gasteiger partial charge on any atom is 0.317 e. The van der Waals surface area contributed by atoms with E-state index in [0.29, 0.717) is 25.4 Å². The lowest BCUT2D eigenvalue weighted by Gasteiger charge is -2.30. The molecule has 0 bridgehead atoms. The van der Waals surface area contributed by atoms with Crippen LogP contribution in [0.2, 0.25) is 0 Å². The van der Waals surface area contributed by atoms with Crippen LogP contribution in [0.3, 0.4) is 0 Å². The van der Waals surface area contributed by atoms with Crippen molar-refractivity contribution in [3.05, 3.63) is 58.7 Å². The maximum absolute atomic E-state index is 12.9. The van der Waals surface area contributed by atoms with Crippen LogP contribution in [0.1, 0.15) is 36.1 Å². The van der Waals surface area contributed by atoms with E-state index in [0.717, 1.165) is 37.4 Å². The largest absolute Gasteiger partial charge is 0.493 e. The van der Waals surface area contributed by atoms with Gasteiger partial charge in [0.05, 0.1) is 14.2 Å². The number of ether oxygens (including phenoxy) is 2. The van der Waals surface area contributed by atoms with Gasteiger partial charge in [0.15, 0.2) is 11.5 Å². The molecule has 0 radical (unpaired) electrons. The third-order valence-electron chi connectivity index (χ3n) is 5.84. The van der Waals surface area contributed by atoms with E-state index in [1.807, 2.05) is 23.1 Å². The summed E-state index contributed by atoms with van der Waals surface area (Å²) in [4.78, 5) is 17.1. The third kappa shape index (κ3) is 5.05. The van der Waals surface area contributed by atoms with Gasteiger partial charge >= 0.3 is 6.03 Å². The molecule has 1 N–H and O–H groups in total. The van der Waals surface area contributed by atoms with E-state index in [1.54, 1.807) is 14.2 Å². The van der Waals surface area contributed by atoms with Crippen molar-refractivity contribution in [3.63, 3.8) is 0 Å². The molecule has 30 heavy (non-hydrogen) atoms. The molecule has 1 heterocycles. The Hall–Kier alpha value is -2.73. The molecule has 1 aliphatic rings. The number of carbonyl (C=O) groups excluding carboxylic acids is 1. The Bertz CT molecular complexity index is 865. The van der Waals surface area contributed by atoms with Crippen LogP contribution in [0.25, 0.3) is 0 Å². The van der Waals surface area contributed by atoms with Crippen LogP contribution in [0.5, 0.6) is 11.5 Å². The molecule has 0 aromatic heterocycles. The molecule has 6 nitrogen and oxygen atoms in total. The van der Waals surface area contributed by atoms with Crippen LogP contribution in [-0.4, -0.2) is 49.7 Å². The number of amides is 2. The summed E-state index contributed by atoms with van der Waals surface area (Å²) in [5, 5.41) is 3.11. The Labute approximate surface area is 179 Å². The number of rotatable bonds is 8. The number of carbonyl (C=O) groups is 1. The van der Waals surface area contributed by atoms with Crippen molar-refractivity contribution in [2.75, 3.05) is 33.9 Å². The summed E-state index contributed by atoms with van der Waals surface area (Å²) in [6.45, 7) is 9.07. The summed E-state index contributed by atoms with van der Waals surface area (Å²) < 4.78 is 10.8. The third-order valence-corrected chi connectivity index (χ3v) is 5.84. The van der Waals surface area contributed by atoms with Gasteiger partial charge in [-0.3, -0.25) is 4.90 Å².